The second-order valence-electron chi connectivity index (χ2n) is 6.08. The molecule has 130 valence electrons. The minimum absolute atomic E-state index is 0.392. The molecule has 1 unspecified atom stereocenters. The molecule has 0 spiro atoms. The normalized spacial score (nSPS) is 16.1. The lowest BCUT2D eigenvalue weighted by Crippen LogP contribution is -2.13. The molecule has 0 amide bonds. The van der Waals surface area contributed by atoms with Crippen molar-refractivity contribution in [1.29, 1.82) is 0 Å². The van der Waals surface area contributed by atoms with Crippen molar-refractivity contribution in [3.8, 4) is 0 Å². The lowest BCUT2D eigenvalue weighted by Gasteiger charge is -2.18. The molecule has 2 N–H and O–H groups in total. The minimum atomic E-state index is -0.392. The van der Waals surface area contributed by atoms with E-state index in [0.717, 1.165) is 47.3 Å². The maximum atomic E-state index is 10.5. The van der Waals surface area contributed by atoms with Gasteiger partial charge in [-0.2, -0.15) is 0 Å². The van der Waals surface area contributed by atoms with Crippen molar-refractivity contribution in [3.63, 3.8) is 0 Å². The molecule has 1 atom stereocenters. The number of aliphatic hydroxyl groups excluding tert-OH is 1. The van der Waals surface area contributed by atoms with E-state index in [1.807, 2.05) is 27.0 Å². The van der Waals surface area contributed by atoms with Crippen molar-refractivity contribution in [2.45, 2.75) is 66.9 Å². The lowest BCUT2D eigenvalue weighted by atomic mass is 9.93. The summed E-state index contributed by atoms with van der Waals surface area (Å²) in [6.45, 7) is 16.4. The molecule has 0 saturated carbocycles. The topological polar surface area (TPSA) is 32.3 Å². The van der Waals surface area contributed by atoms with Crippen LogP contribution in [-0.4, -0.2) is 18.3 Å². The summed E-state index contributed by atoms with van der Waals surface area (Å²) >= 11 is 0. The third-order valence-electron chi connectivity index (χ3n) is 3.98. The average Bonchev–Trinajstić information content (AvgIpc) is 2.51. The van der Waals surface area contributed by atoms with Gasteiger partial charge in [-0.1, -0.05) is 50.1 Å². The SMILES string of the molecule is C=C(C)/C=C(NC)/C(=C/C)C(/C)=C\C(=C(C)CC)C(O)CCC. The molecule has 0 aromatic rings. The highest BCUT2D eigenvalue weighted by molar-refractivity contribution is 5.49. The van der Waals surface area contributed by atoms with Gasteiger partial charge in [-0.05, 0) is 63.3 Å². The van der Waals surface area contributed by atoms with Gasteiger partial charge in [0.05, 0.1) is 6.10 Å². The maximum Gasteiger partial charge on any atom is 0.0789 e. The number of aliphatic hydroxyl groups is 1. The summed E-state index contributed by atoms with van der Waals surface area (Å²) in [4.78, 5) is 0. The fourth-order valence-corrected chi connectivity index (χ4v) is 2.57. The van der Waals surface area contributed by atoms with Crippen molar-refractivity contribution in [3.05, 3.63) is 58.4 Å². The van der Waals surface area contributed by atoms with Gasteiger partial charge in [-0.15, -0.1) is 0 Å². The Morgan fingerprint density at radius 1 is 1.17 bits per heavy atom. The van der Waals surface area contributed by atoms with Crippen LogP contribution in [0.3, 0.4) is 0 Å². The highest BCUT2D eigenvalue weighted by atomic mass is 16.3. The smallest absolute Gasteiger partial charge is 0.0789 e. The molecule has 0 aliphatic carbocycles. The van der Waals surface area contributed by atoms with Crippen LogP contribution in [0.1, 0.15) is 60.8 Å². The summed E-state index contributed by atoms with van der Waals surface area (Å²) in [6, 6.07) is 0. The highest BCUT2D eigenvalue weighted by Gasteiger charge is 2.13. The first-order valence-electron chi connectivity index (χ1n) is 8.60. The number of allylic oxidation sites excluding steroid dienone is 5. The average molecular weight is 318 g/mol. The second-order valence-corrected chi connectivity index (χ2v) is 6.08. The van der Waals surface area contributed by atoms with Gasteiger partial charge in [-0.3, -0.25) is 0 Å². The highest BCUT2D eigenvalue weighted by Crippen LogP contribution is 2.24. The molecule has 0 radical (unpaired) electrons. The number of nitrogens with one attached hydrogen (secondary N) is 1. The van der Waals surface area contributed by atoms with Gasteiger partial charge in [0.2, 0.25) is 0 Å². The van der Waals surface area contributed by atoms with Gasteiger partial charge in [0, 0.05) is 12.7 Å². The van der Waals surface area contributed by atoms with Crippen molar-refractivity contribution in [2.75, 3.05) is 7.05 Å². The Labute approximate surface area is 143 Å². The summed E-state index contributed by atoms with van der Waals surface area (Å²) in [7, 11) is 1.92. The van der Waals surface area contributed by atoms with Crippen molar-refractivity contribution < 1.29 is 5.11 Å². The van der Waals surface area contributed by atoms with Crippen LogP contribution in [-0.2, 0) is 0 Å². The monoisotopic (exact) mass is 317 g/mol. The first kappa shape index (κ1) is 21.5. The third kappa shape index (κ3) is 7.04. The molecule has 23 heavy (non-hydrogen) atoms. The Balaban J connectivity index is 5.86. The summed E-state index contributed by atoms with van der Waals surface area (Å²) in [6.07, 6.45) is 8.61. The Bertz CT molecular complexity index is 518. The van der Waals surface area contributed by atoms with Crippen molar-refractivity contribution in [2.24, 2.45) is 0 Å². The summed E-state index contributed by atoms with van der Waals surface area (Å²) in [5, 5.41) is 13.7. The Morgan fingerprint density at radius 2 is 1.78 bits per heavy atom. The predicted octanol–water partition coefficient (Wildman–Crippen LogP) is 5.45. The van der Waals surface area contributed by atoms with Gasteiger partial charge in [0.1, 0.15) is 0 Å². The van der Waals surface area contributed by atoms with Gasteiger partial charge in [0.25, 0.3) is 0 Å². The van der Waals surface area contributed by atoms with E-state index < -0.39 is 6.10 Å². The lowest BCUT2D eigenvalue weighted by molar-refractivity contribution is 0.201. The van der Waals surface area contributed by atoms with Crippen LogP contribution in [0.15, 0.2) is 58.4 Å². The maximum absolute atomic E-state index is 10.5. The standard InChI is InChI=1S/C21H35NO/c1-9-12-21(23)19(16(6)10-2)14-17(7)18(11-3)20(22-8)13-15(4)5/h11,13-14,21-23H,4,9-10,12H2,1-3,5-8H3/b17-14-,18-11+,19-16?,20-13-. The third-order valence-corrected chi connectivity index (χ3v) is 3.98. The van der Waals surface area contributed by atoms with Crippen LogP contribution < -0.4 is 5.32 Å². The van der Waals surface area contributed by atoms with E-state index in [1.165, 1.54) is 5.57 Å². The molecule has 0 rings (SSSR count). The number of hydrogen-bond acceptors (Lipinski definition) is 2. The van der Waals surface area contributed by atoms with Crippen molar-refractivity contribution in [1.82, 2.24) is 5.32 Å². The predicted molar refractivity (Wildman–Crippen MR) is 103 cm³/mol. The molecule has 0 aromatic carbocycles. The second kappa shape index (κ2) is 11.1. The van der Waals surface area contributed by atoms with Crippen LogP contribution in [0.25, 0.3) is 0 Å². The minimum Gasteiger partial charge on any atom is -0.388 e. The van der Waals surface area contributed by atoms with Crippen molar-refractivity contribution >= 4 is 0 Å². The van der Waals surface area contributed by atoms with Crippen LogP contribution >= 0.6 is 0 Å². The zero-order chi connectivity index (χ0) is 18.0. The summed E-state index contributed by atoms with van der Waals surface area (Å²) in [5.74, 6) is 0. The van der Waals surface area contributed by atoms with Gasteiger partial charge >= 0.3 is 0 Å². The molecule has 0 bridgehead atoms. The zero-order valence-corrected chi connectivity index (χ0v) is 16.1. The largest absolute Gasteiger partial charge is 0.388 e. The van der Waals surface area contributed by atoms with E-state index in [9.17, 15) is 5.11 Å². The Morgan fingerprint density at radius 3 is 2.17 bits per heavy atom. The summed E-state index contributed by atoms with van der Waals surface area (Å²) in [5.41, 5.74) is 6.64. The molecule has 0 heterocycles. The first-order valence-corrected chi connectivity index (χ1v) is 8.60. The number of rotatable bonds is 9. The Hall–Kier alpha value is -1.54. The van der Waals surface area contributed by atoms with Gasteiger partial charge in [-0.25, -0.2) is 0 Å². The van der Waals surface area contributed by atoms with Gasteiger partial charge < -0.3 is 10.4 Å². The number of hydrogen-bond donors (Lipinski definition) is 2. The molecular formula is C21H35NO. The summed E-state index contributed by atoms with van der Waals surface area (Å²) < 4.78 is 0. The fraction of sp³-hybridized carbons (Fsp3) is 0.524. The van der Waals surface area contributed by atoms with Crippen LogP contribution in [0.2, 0.25) is 0 Å². The molecular weight excluding hydrogens is 282 g/mol. The Kier molecular flexibility index (Phi) is 10.3. The van der Waals surface area contributed by atoms with Gasteiger partial charge in [0.15, 0.2) is 0 Å². The zero-order valence-electron chi connectivity index (χ0n) is 16.1. The van der Waals surface area contributed by atoms with E-state index in [1.54, 1.807) is 0 Å². The molecule has 0 aliphatic heterocycles. The molecule has 0 aliphatic rings. The molecule has 2 heteroatoms. The molecule has 2 nitrogen and oxygen atoms in total. The van der Waals surface area contributed by atoms with E-state index >= 15 is 0 Å². The molecule has 0 aromatic heterocycles. The van der Waals surface area contributed by atoms with E-state index in [-0.39, 0.29) is 0 Å². The van der Waals surface area contributed by atoms with Crippen LogP contribution in [0, 0.1) is 0 Å². The molecule has 0 saturated heterocycles. The van der Waals surface area contributed by atoms with E-state index in [4.69, 9.17) is 0 Å². The first-order chi connectivity index (χ1) is 10.8. The van der Waals surface area contributed by atoms with Crippen LogP contribution in [0.5, 0.6) is 0 Å². The molecule has 0 fully saturated rings. The quantitative estimate of drug-likeness (QED) is 0.554. The fourth-order valence-electron chi connectivity index (χ4n) is 2.57. The van der Waals surface area contributed by atoms with E-state index in [0.29, 0.717) is 0 Å². The number of likely N-dealkylation sites (N-methyl/N-ethyl adjacent to an activating group) is 1. The van der Waals surface area contributed by atoms with Crippen LogP contribution in [0.4, 0.5) is 0 Å². The van der Waals surface area contributed by atoms with E-state index in [2.05, 4.69) is 51.7 Å².